The van der Waals surface area contributed by atoms with Crippen molar-refractivity contribution in [3.8, 4) is 0 Å². The maximum absolute atomic E-state index is 13.0. The quantitative estimate of drug-likeness (QED) is 0.867. The molecule has 2 aromatic carbocycles. The van der Waals surface area contributed by atoms with E-state index in [1.165, 1.54) is 18.2 Å². The summed E-state index contributed by atoms with van der Waals surface area (Å²) in [6, 6.07) is 13.3. The zero-order chi connectivity index (χ0) is 15.2. The van der Waals surface area contributed by atoms with E-state index in [0.29, 0.717) is 16.6 Å². The zero-order valence-corrected chi connectivity index (χ0v) is 12.9. The Balaban J connectivity index is 1.90. The smallest absolute Gasteiger partial charge is 0.241 e. The Kier molecular flexibility index (Phi) is 5.47. The van der Waals surface area contributed by atoms with Crippen LogP contribution in [0.4, 0.5) is 10.1 Å². The van der Waals surface area contributed by atoms with Crippen molar-refractivity contribution in [1.82, 2.24) is 0 Å². The van der Waals surface area contributed by atoms with Crippen molar-refractivity contribution in [3.63, 3.8) is 0 Å². The summed E-state index contributed by atoms with van der Waals surface area (Å²) in [5.74, 6) is -0.647. The lowest BCUT2D eigenvalue weighted by Crippen LogP contribution is -2.36. The fraction of sp³-hybridized carbons (Fsp3) is 0.188. The number of nitrogens with two attached hydrogens (primary N) is 1. The molecule has 0 fully saturated rings. The Labute approximate surface area is 131 Å². The molecule has 0 aromatic heterocycles. The maximum Gasteiger partial charge on any atom is 0.241 e. The predicted octanol–water partition coefficient (Wildman–Crippen LogP) is 3.49. The number of hydrogen-bond acceptors (Lipinski definition) is 2. The summed E-state index contributed by atoms with van der Waals surface area (Å²) in [5, 5.41) is 2.70. The average Bonchev–Trinajstić information content (AvgIpc) is 2.48. The molecule has 1 atom stereocenters. The first kappa shape index (κ1) is 15.7. The lowest BCUT2D eigenvalue weighted by Gasteiger charge is -2.13. The minimum atomic E-state index is -0.609. The Morgan fingerprint density at radius 1 is 1.24 bits per heavy atom. The lowest BCUT2D eigenvalue weighted by atomic mass is 10.1. The van der Waals surface area contributed by atoms with Gasteiger partial charge in [0, 0.05) is 4.47 Å². The van der Waals surface area contributed by atoms with Crippen LogP contribution in [0.5, 0.6) is 0 Å². The molecule has 0 bridgehead atoms. The highest BCUT2D eigenvalue weighted by Gasteiger charge is 2.14. The van der Waals surface area contributed by atoms with Gasteiger partial charge in [-0.15, -0.1) is 0 Å². The van der Waals surface area contributed by atoms with Gasteiger partial charge in [-0.3, -0.25) is 4.79 Å². The van der Waals surface area contributed by atoms with Crippen LogP contribution in [0.1, 0.15) is 12.0 Å². The third kappa shape index (κ3) is 4.65. The number of anilines is 1. The highest BCUT2D eigenvalue weighted by atomic mass is 79.9. The molecule has 0 aliphatic carbocycles. The molecule has 5 heteroatoms. The van der Waals surface area contributed by atoms with Crippen LogP contribution in [0, 0.1) is 5.82 Å². The van der Waals surface area contributed by atoms with Gasteiger partial charge >= 0.3 is 0 Å². The van der Waals surface area contributed by atoms with Gasteiger partial charge in [0.05, 0.1) is 11.7 Å². The molecule has 0 heterocycles. The van der Waals surface area contributed by atoms with E-state index in [1.807, 2.05) is 30.3 Å². The summed E-state index contributed by atoms with van der Waals surface area (Å²) in [7, 11) is 0. The molecule has 0 aliphatic heterocycles. The van der Waals surface area contributed by atoms with Gasteiger partial charge in [-0.25, -0.2) is 4.39 Å². The summed E-state index contributed by atoms with van der Waals surface area (Å²) >= 11 is 3.20. The normalized spacial score (nSPS) is 12.0. The second-order valence-corrected chi connectivity index (χ2v) is 5.60. The fourth-order valence-corrected chi connectivity index (χ4v) is 2.36. The molecule has 0 radical (unpaired) electrons. The van der Waals surface area contributed by atoms with Crippen LogP contribution >= 0.6 is 15.9 Å². The number of carbonyl (C=O) groups excluding carboxylic acids is 1. The van der Waals surface area contributed by atoms with Crippen molar-refractivity contribution >= 4 is 27.5 Å². The van der Waals surface area contributed by atoms with Crippen LogP contribution in [0.3, 0.4) is 0 Å². The molecule has 3 N–H and O–H groups in total. The van der Waals surface area contributed by atoms with E-state index in [0.717, 1.165) is 12.0 Å². The second kappa shape index (κ2) is 7.33. The Morgan fingerprint density at radius 2 is 1.95 bits per heavy atom. The number of carbonyl (C=O) groups is 1. The molecule has 2 rings (SSSR count). The van der Waals surface area contributed by atoms with Gasteiger partial charge in [-0.05, 0) is 52.5 Å². The Morgan fingerprint density at radius 3 is 2.62 bits per heavy atom. The minimum Gasteiger partial charge on any atom is -0.324 e. The van der Waals surface area contributed by atoms with Crippen LogP contribution in [-0.2, 0) is 11.2 Å². The molecule has 110 valence electrons. The van der Waals surface area contributed by atoms with E-state index >= 15 is 0 Å². The third-order valence-electron chi connectivity index (χ3n) is 3.11. The standard InChI is InChI=1S/C16H16BrFN2O/c17-13-10-12(18)7-9-15(13)20-16(21)14(19)8-6-11-4-2-1-3-5-11/h1-5,7,9-10,14H,6,8,19H2,(H,20,21)/t14-/m0/s1. The van der Waals surface area contributed by atoms with Crippen LogP contribution in [0.2, 0.25) is 0 Å². The van der Waals surface area contributed by atoms with Gasteiger partial charge < -0.3 is 11.1 Å². The van der Waals surface area contributed by atoms with Crippen molar-refractivity contribution in [2.45, 2.75) is 18.9 Å². The summed E-state index contributed by atoms with van der Waals surface area (Å²) in [6.45, 7) is 0. The first-order chi connectivity index (χ1) is 10.1. The summed E-state index contributed by atoms with van der Waals surface area (Å²) in [4.78, 5) is 12.0. The molecule has 0 aliphatic rings. The van der Waals surface area contributed by atoms with Crippen molar-refractivity contribution in [2.24, 2.45) is 5.73 Å². The van der Waals surface area contributed by atoms with E-state index in [2.05, 4.69) is 21.2 Å². The number of halogens is 2. The topological polar surface area (TPSA) is 55.1 Å². The highest BCUT2D eigenvalue weighted by molar-refractivity contribution is 9.10. The van der Waals surface area contributed by atoms with Gasteiger partial charge in [0.2, 0.25) is 5.91 Å². The molecule has 0 saturated heterocycles. The number of rotatable bonds is 5. The number of amides is 1. The van der Waals surface area contributed by atoms with E-state index < -0.39 is 6.04 Å². The van der Waals surface area contributed by atoms with Crippen molar-refractivity contribution in [1.29, 1.82) is 0 Å². The van der Waals surface area contributed by atoms with Crippen molar-refractivity contribution in [2.75, 3.05) is 5.32 Å². The fourth-order valence-electron chi connectivity index (χ4n) is 1.91. The number of benzene rings is 2. The van der Waals surface area contributed by atoms with E-state index in [-0.39, 0.29) is 11.7 Å². The van der Waals surface area contributed by atoms with Crippen molar-refractivity contribution in [3.05, 3.63) is 64.4 Å². The van der Waals surface area contributed by atoms with Crippen LogP contribution < -0.4 is 11.1 Å². The van der Waals surface area contributed by atoms with Crippen LogP contribution in [-0.4, -0.2) is 11.9 Å². The van der Waals surface area contributed by atoms with Crippen molar-refractivity contribution < 1.29 is 9.18 Å². The van der Waals surface area contributed by atoms with E-state index in [9.17, 15) is 9.18 Å². The first-order valence-electron chi connectivity index (χ1n) is 6.61. The molecule has 0 saturated carbocycles. The molecule has 1 amide bonds. The third-order valence-corrected chi connectivity index (χ3v) is 3.77. The largest absolute Gasteiger partial charge is 0.324 e. The number of hydrogen-bond donors (Lipinski definition) is 2. The average molecular weight is 351 g/mol. The monoisotopic (exact) mass is 350 g/mol. The molecule has 0 spiro atoms. The predicted molar refractivity (Wildman–Crippen MR) is 85.5 cm³/mol. The highest BCUT2D eigenvalue weighted by Crippen LogP contribution is 2.23. The summed E-state index contributed by atoms with van der Waals surface area (Å²) < 4.78 is 13.5. The van der Waals surface area contributed by atoms with E-state index in [1.54, 1.807) is 0 Å². The van der Waals surface area contributed by atoms with Gasteiger partial charge in [0.1, 0.15) is 5.82 Å². The van der Waals surface area contributed by atoms with Gasteiger partial charge in [-0.2, -0.15) is 0 Å². The summed E-state index contributed by atoms with van der Waals surface area (Å²) in [6.07, 6.45) is 1.29. The van der Waals surface area contributed by atoms with Gasteiger partial charge in [-0.1, -0.05) is 30.3 Å². The summed E-state index contributed by atoms with van der Waals surface area (Å²) in [5.41, 5.74) is 7.54. The number of nitrogens with one attached hydrogen (secondary N) is 1. The molecule has 3 nitrogen and oxygen atoms in total. The Hall–Kier alpha value is -1.72. The van der Waals surface area contributed by atoms with Crippen LogP contribution in [0.25, 0.3) is 0 Å². The molecular weight excluding hydrogens is 335 g/mol. The minimum absolute atomic E-state index is 0.279. The molecule has 0 unspecified atom stereocenters. The van der Waals surface area contributed by atoms with Gasteiger partial charge in [0.25, 0.3) is 0 Å². The zero-order valence-electron chi connectivity index (χ0n) is 11.4. The second-order valence-electron chi connectivity index (χ2n) is 4.74. The lowest BCUT2D eigenvalue weighted by molar-refractivity contribution is -0.117. The van der Waals surface area contributed by atoms with Gasteiger partial charge in [0.15, 0.2) is 0 Å². The molecule has 21 heavy (non-hydrogen) atoms. The molecular formula is C16H16BrFN2O. The SMILES string of the molecule is N[C@@H](CCc1ccccc1)C(=O)Nc1ccc(F)cc1Br. The van der Waals surface area contributed by atoms with E-state index in [4.69, 9.17) is 5.73 Å². The Bertz CT molecular complexity index is 619. The van der Waals surface area contributed by atoms with Crippen LogP contribution in [0.15, 0.2) is 53.0 Å². The maximum atomic E-state index is 13.0. The first-order valence-corrected chi connectivity index (χ1v) is 7.41. The number of aryl methyl sites for hydroxylation is 1. The molecule has 2 aromatic rings.